The van der Waals surface area contributed by atoms with Gasteiger partial charge in [-0.2, -0.15) is 9.97 Å². The summed E-state index contributed by atoms with van der Waals surface area (Å²) in [5, 5.41) is 2.77. The number of hydrogen-bond donors (Lipinski definition) is 2. The van der Waals surface area contributed by atoms with Crippen LogP contribution in [0.4, 0.5) is 17.3 Å². The van der Waals surface area contributed by atoms with Crippen molar-refractivity contribution in [3.8, 4) is 6.01 Å². The summed E-state index contributed by atoms with van der Waals surface area (Å²) in [6.45, 7) is 5.16. The van der Waals surface area contributed by atoms with E-state index in [0.717, 1.165) is 31.6 Å². The number of amides is 1. The Morgan fingerprint density at radius 2 is 2.00 bits per heavy atom. The summed E-state index contributed by atoms with van der Waals surface area (Å²) < 4.78 is 13.5. The molecule has 0 aliphatic carbocycles. The lowest BCUT2D eigenvalue weighted by molar-refractivity contribution is -0.115. The smallest absolute Gasteiger partial charge is 0.320 e. The van der Waals surface area contributed by atoms with Crippen LogP contribution in [0.15, 0.2) is 24.3 Å². The molecule has 1 aromatic heterocycles. The molecule has 1 saturated heterocycles. The second kappa shape index (κ2) is 9.30. The van der Waals surface area contributed by atoms with Gasteiger partial charge in [-0.15, -0.1) is 0 Å². The molecule has 0 spiro atoms. The molecular formula is C22H30N6O2. The Morgan fingerprint density at radius 1 is 1.23 bits per heavy atom. The van der Waals surface area contributed by atoms with Crippen LogP contribution >= 0.6 is 0 Å². The van der Waals surface area contributed by atoms with Crippen LogP contribution in [0.1, 0.15) is 45.1 Å². The van der Waals surface area contributed by atoms with Crippen molar-refractivity contribution in [2.75, 3.05) is 42.2 Å². The van der Waals surface area contributed by atoms with Crippen LogP contribution in [0.2, 0.25) is 0 Å². The number of nitrogens with zero attached hydrogens (tertiary/aromatic N) is 4. The van der Waals surface area contributed by atoms with E-state index in [0.29, 0.717) is 24.5 Å². The van der Waals surface area contributed by atoms with Crippen LogP contribution in [-0.2, 0) is 17.9 Å². The Bertz CT molecular complexity index is 934. The third-order valence-corrected chi connectivity index (χ3v) is 5.36. The van der Waals surface area contributed by atoms with Gasteiger partial charge in [0.25, 0.3) is 0 Å². The molecule has 3 N–H and O–H groups in total. The fourth-order valence-electron chi connectivity index (χ4n) is 3.90. The Hall–Kier alpha value is -2.87. The van der Waals surface area contributed by atoms with Crippen LogP contribution in [0.3, 0.4) is 0 Å². The van der Waals surface area contributed by atoms with Crippen molar-refractivity contribution in [1.29, 1.82) is 0 Å². The maximum Gasteiger partial charge on any atom is 0.320 e. The van der Waals surface area contributed by atoms with Crippen LogP contribution < -0.4 is 20.7 Å². The molecule has 30 heavy (non-hydrogen) atoms. The van der Waals surface area contributed by atoms with Crippen molar-refractivity contribution in [3.05, 3.63) is 35.4 Å². The Morgan fingerprint density at radius 3 is 2.77 bits per heavy atom. The minimum absolute atomic E-state index is 0.0635. The summed E-state index contributed by atoms with van der Waals surface area (Å²) in [7, 11) is 0. The van der Waals surface area contributed by atoms with Crippen molar-refractivity contribution in [1.82, 2.24) is 14.9 Å². The lowest BCUT2D eigenvalue weighted by atomic mass is 10.1. The molecule has 4 rings (SSSR count). The minimum atomic E-state index is -0.753. The van der Waals surface area contributed by atoms with Gasteiger partial charge < -0.3 is 20.7 Å². The predicted octanol–water partition coefficient (Wildman–Crippen LogP) is 2.79. The van der Waals surface area contributed by atoms with Crippen molar-refractivity contribution >= 4 is 23.2 Å². The molecule has 8 nitrogen and oxygen atoms in total. The second-order valence-electron chi connectivity index (χ2n) is 7.87. The van der Waals surface area contributed by atoms with E-state index < -0.39 is 6.58 Å². The highest BCUT2D eigenvalue weighted by Crippen LogP contribution is 2.34. The Labute approximate surface area is 178 Å². The summed E-state index contributed by atoms with van der Waals surface area (Å²) in [4.78, 5) is 25.3. The summed E-state index contributed by atoms with van der Waals surface area (Å²) in [5.74, 6) is 0.509. The summed E-state index contributed by atoms with van der Waals surface area (Å²) in [5.41, 5.74) is 8.85. The molecule has 3 heterocycles. The molecule has 0 unspecified atom stereocenters. The van der Waals surface area contributed by atoms with E-state index in [-0.39, 0.29) is 24.3 Å². The molecule has 1 aromatic carbocycles. The highest BCUT2D eigenvalue weighted by molar-refractivity contribution is 6.03. The van der Waals surface area contributed by atoms with Crippen molar-refractivity contribution in [2.45, 2.75) is 45.7 Å². The van der Waals surface area contributed by atoms with Gasteiger partial charge >= 0.3 is 6.01 Å². The predicted molar refractivity (Wildman–Crippen MR) is 117 cm³/mol. The third-order valence-electron chi connectivity index (χ3n) is 5.36. The van der Waals surface area contributed by atoms with E-state index in [1.54, 1.807) is 0 Å². The Kier molecular flexibility index (Phi) is 5.92. The second-order valence-corrected chi connectivity index (χ2v) is 7.87. The van der Waals surface area contributed by atoms with Crippen LogP contribution in [0.25, 0.3) is 0 Å². The molecule has 0 saturated carbocycles. The summed E-state index contributed by atoms with van der Waals surface area (Å²) in [6.07, 6.45) is 3.93. The molecule has 0 radical (unpaired) electrons. The van der Waals surface area contributed by atoms with E-state index in [9.17, 15) is 4.79 Å². The number of rotatable bonds is 8. The van der Waals surface area contributed by atoms with Crippen LogP contribution in [0.5, 0.6) is 6.01 Å². The van der Waals surface area contributed by atoms with E-state index >= 15 is 0 Å². The zero-order valence-corrected chi connectivity index (χ0v) is 17.4. The molecule has 160 valence electrons. The maximum atomic E-state index is 12.3. The molecule has 2 aliphatic rings. The number of nitrogens with two attached hydrogens (primary N) is 1. The molecule has 1 fully saturated rings. The third kappa shape index (κ3) is 4.81. The number of nitrogen functional groups attached to an aromatic ring is 1. The van der Waals surface area contributed by atoms with Gasteiger partial charge in [-0.3, -0.25) is 9.69 Å². The van der Waals surface area contributed by atoms with Crippen molar-refractivity contribution < 1.29 is 10.9 Å². The Balaban J connectivity index is 1.55. The normalized spacial score (nSPS) is 18.0. The van der Waals surface area contributed by atoms with Gasteiger partial charge in [0.05, 0.1) is 14.5 Å². The average Bonchev–Trinajstić information content (AvgIpc) is 3.22. The number of anilines is 3. The largest absolute Gasteiger partial charge is 0.463 e. The van der Waals surface area contributed by atoms with Gasteiger partial charge in [0.2, 0.25) is 5.91 Å². The average molecular weight is 412 g/mol. The number of aromatic nitrogens is 2. The van der Waals surface area contributed by atoms with Crippen molar-refractivity contribution in [3.63, 3.8) is 0 Å². The summed E-state index contributed by atoms with van der Waals surface area (Å²) >= 11 is 0. The summed E-state index contributed by atoms with van der Waals surface area (Å²) in [6, 6.07) is 8.52. The van der Waals surface area contributed by atoms with Gasteiger partial charge in [-0.25, -0.2) is 0 Å². The van der Waals surface area contributed by atoms with Gasteiger partial charge in [0.15, 0.2) is 11.6 Å². The van der Waals surface area contributed by atoms with Gasteiger partial charge in [-0.1, -0.05) is 37.6 Å². The number of carbonyl (C=O) groups excluding carboxylic acids is 1. The number of benzene rings is 1. The molecule has 2 aliphatic heterocycles. The zero-order chi connectivity index (χ0) is 21.8. The number of carbonyl (C=O) groups is 1. The van der Waals surface area contributed by atoms with Gasteiger partial charge in [0.1, 0.15) is 5.69 Å². The quantitative estimate of drug-likeness (QED) is 0.689. The van der Waals surface area contributed by atoms with E-state index in [1.165, 1.54) is 18.4 Å². The van der Waals surface area contributed by atoms with E-state index in [4.69, 9.17) is 11.8 Å². The van der Waals surface area contributed by atoms with E-state index in [1.807, 2.05) is 11.8 Å². The molecular weight excluding hydrogens is 380 g/mol. The number of fused-ring (bicyclic) bond motifs is 1. The van der Waals surface area contributed by atoms with E-state index in [2.05, 4.69) is 44.5 Å². The number of ether oxygens (including phenoxy) is 1. The number of hydrogen-bond acceptors (Lipinski definition) is 7. The van der Waals surface area contributed by atoms with Crippen molar-refractivity contribution in [2.24, 2.45) is 0 Å². The molecule has 2 aromatic rings. The molecule has 0 bridgehead atoms. The molecule has 1 amide bonds. The van der Waals surface area contributed by atoms with Crippen LogP contribution in [0, 0.1) is 0 Å². The maximum absolute atomic E-state index is 12.3. The fourth-order valence-corrected chi connectivity index (χ4v) is 3.90. The highest BCUT2D eigenvalue weighted by Gasteiger charge is 2.27. The minimum Gasteiger partial charge on any atom is -0.463 e. The lowest BCUT2D eigenvalue weighted by Gasteiger charge is -2.30. The SMILES string of the molecule is [2H][C@@H](CCC)Oc1nc(N)c2c(n1)N(Cc1cccc(CN3CCCC3)c1)CC(=O)N2. The highest BCUT2D eigenvalue weighted by atomic mass is 16.5. The first kappa shape index (κ1) is 19.1. The van der Waals surface area contributed by atoms with Gasteiger partial charge in [-0.05, 0) is 43.5 Å². The first-order chi connectivity index (χ1) is 15.0. The molecule has 1 atom stereocenters. The van der Waals surface area contributed by atoms with Gasteiger partial charge in [0, 0.05) is 13.1 Å². The zero-order valence-electron chi connectivity index (χ0n) is 18.4. The lowest BCUT2D eigenvalue weighted by Crippen LogP contribution is -2.39. The first-order valence-corrected chi connectivity index (χ1v) is 10.6. The number of nitrogens with one attached hydrogen (secondary N) is 1. The van der Waals surface area contributed by atoms with Crippen LogP contribution in [-0.4, -0.2) is 47.0 Å². The number of likely N-dealkylation sites (tertiary alicyclic amines) is 1. The molecule has 8 heteroatoms. The standard InChI is InChI=1S/C22H30N6O2/c1-2-3-11-30-22-25-20(23)19-21(26-22)28(15-18(29)24-19)14-17-8-6-7-16(12-17)13-27-9-4-5-10-27/h6-8,12H,2-5,9-11,13-15H2,1H3,(H,24,29)(H2,23,25,26)/i11D/t11-/m0/s1. The fraction of sp³-hybridized carbons (Fsp3) is 0.500. The monoisotopic (exact) mass is 411 g/mol. The topological polar surface area (TPSA) is 96.6 Å². The first-order valence-electron chi connectivity index (χ1n) is 11.2.